The third-order valence-electron chi connectivity index (χ3n) is 8.97. The zero-order valence-electron chi connectivity index (χ0n) is 21.7. The van der Waals surface area contributed by atoms with Crippen molar-refractivity contribution < 1.29 is 4.79 Å². The summed E-state index contributed by atoms with van der Waals surface area (Å²) >= 11 is 0. The summed E-state index contributed by atoms with van der Waals surface area (Å²) in [7, 11) is 0. The van der Waals surface area contributed by atoms with E-state index in [0.29, 0.717) is 5.41 Å². The van der Waals surface area contributed by atoms with Crippen molar-refractivity contribution in [2.24, 2.45) is 17.3 Å². The standard InChI is InChI=1S/C29H41N5O/c1-20-21(2)28(33-32-27(20)24-9-11-26(12-10-24)31-22(3)35)30-18-25-17-29(25)13-15-34(16-14-29)19-23-7-5-4-6-8-23/h9-12,23,25H,4-8,13-19H2,1-3H3,(H,30,33)(H,31,35). The van der Waals surface area contributed by atoms with Crippen molar-refractivity contribution in [3.8, 4) is 11.3 Å². The minimum atomic E-state index is -0.0672. The van der Waals surface area contributed by atoms with Gasteiger partial charge in [0.05, 0.1) is 5.69 Å². The lowest BCUT2D eigenvalue weighted by molar-refractivity contribution is -0.114. The Balaban J connectivity index is 1.13. The minimum Gasteiger partial charge on any atom is -0.368 e. The molecule has 1 aromatic carbocycles. The number of aromatic nitrogens is 2. The summed E-state index contributed by atoms with van der Waals surface area (Å²) in [6, 6.07) is 7.80. The largest absolute Gasteiger partial charge is 0.368 e. The van der Waals surface area contributed by atoms with Gasteiger partial charge in [-0.3, -0.25) is 4.79 Å². The number of carbonyl (C=O) groups excluding carboxylic acids is 1. The molecule has 1 spiro atoms. The van der Waals surface area contributed by atoms with Gasteiger partial charge in [-0.25, -0.2) is 0 Å². The van der Waals surface area contributed by atoms with Crippen LogP contribution in [0.4, 0.5) is 11.5 Å². The van der Waals surface area contributed by atoms with Gasteiger partial charge in [-0.2, -0.15) is 0 Å². The van der Waals surface area contributed by atoms with Gasteiger partial charge in [-0.1, -0.05) is 31.4 Å². The number of benzene rings is 1. The van der Waals surface area contributed by atoms with E-state index in [9.17, 15) is 4.79 Å². The number of hydrogen-bond donors (Lipinski definition) is 2. The highest BCUT2D eigenvalue weighted by Gasteiger charge is 2.54. The van der Waals surface area contributed by atoms with Crippen LogP contribution in [0.2, 0.25) is 0 Å². The van der Waals surface area contributed by atoms with Crippen LogP contribution in [0, 0.1) is 31.1 Å². The number of anilines is 2. The number of likely N-dealkylation sites (tertiary alicyclic amines) is 1. The SMILES string of the molecule is CC(=O)Nc1ccc(-c2nnc(NCC3CC34CCN(CC3CCCCC3)CC4)c(C)c2C)cc1. The van der Waals surface area contributed by atoms with E-state index in [0.717, 1.165) is 52.3 Å². The number of piperidine rings is 1. The van der Waals surface area contributed by atoms with Crippen LogP contribution in [0.3, 0.4) is 0 Å². The molecule has 6 heteroatoms. The fourth-order valence-corrected chi connectivity index (χ4v) is 6.43. The van der Waals surface area contributed by atoms with Gasteiger partial charge < -0.3 is 15.5 Å². The lowest BCUT2D eigenvalue weighted by atomic mass is 9.86. The van der Waals surface area contributed by atoms with Crippen molar-refractivity contribution in [3.05, 3.63) is 35.4 Å². The van der Waals surface area contributed by atoms with Gasteiger partial charge >= 0.3 is 0 Å². The van der Waals surface area contributed by atoms with Crippen molar-refractivity contribution in [2.45, 2.75) is 72.1 Å². The molecule has 2 N–H and O–H groups in total. The van der Waals surface area contributed by atoms with Crippen molar-refractivity contribution >= 4 is 17.4 Å². The molecule has 1 amide bonds. The number of nitrogens with zero attached hydrogens (tertiary/aromatic N) is 3. The van der Waals surface area contributed by atoms with E-state index in [4.69, 9.17) is 0 Å². The maximum absolute atomic E-state index is 11.3. The predicted molar refractivity (Wildman–Crippen MR) is 143 cm³/mol. The molecule has 3 fully saturated rings. The molecule has 3 aliphatic rings. The molecule has 1 unspecified atom stereocenters. The summed E-state index contributed by atoms with van der Waals surface area (Å²) in [6.45, 7) is 10.7. The Bertz CT molecular complexity index is 1040. The molecule has 0 radical (unpaired) electrons. The van der Waals surface area contributed by atoms with Gasteiger partial charge in [-0.15, -0.1) is 10.2 Å². The Morgan fingerprint density at radius 3 is 2.43 bits per heavy atom. The minimum absolute atomic E-state index is 0.0672. The molecule has 2 aliphatic carbocycles. The smallest absolute Gasteiger partial charge is 0.221 e. The van der Waals surface area contributed by atoms with Crippen molar-refractivity contribution in [1.82, 2.24) is 15.1 Å². The molecule has 35 heavy (non-hydrogen) atoms. The lowest BCUT2D eigenvalue weighted by Gasteiger charge is -2.36. The van der Waals surface area contributed by atoms with Crippen molar-refractivity contribution in [1.29, 1.82) is 0 Å². The number of carbonyl (C=O) groups is 1. The first-order valence-corrected chi connectivity index (χ1v) is 13.6. The fourth-order valence-electron chi connectivity index (χ4n) is 6.43. The quantitative estimate of drug-likeness (QED) is 0.529. The highest BCUT2D eigenvalue weighted by atomic mass is 16.1. The summed E-state index contributed by atoms with van der Waals surface area (Å²) in [5.41, 5.74) is 5.59. The van der Waals surface area contributed by atoms with E-state index in [1.54, 1.807) is 0 Å². The fraction of sp³-hybridized carbons (Fsp3) is 0.621. The van der Waals surface area contributed by atoms with Gasteiger partial charge in [0.2, 0.25) is 5.91 Å². The molecule has 5 rings (SSSR count). The molecule has 0 bridgehead atoms. The molecule has 1 aliphatic heterocycles. The maximum Gasteiger partial charge on any atom is 0.221 e. The molecule has 2 saturated carbocycles. The third kappa shape index (κ3) is 5.53. The van der Waals surface area contributed by atoms with Gasteiger partial charge in [0.15, 0.2) is 5.82 Å². The zero-order chi connectivity index (χ0) is 24.4. The molecule has 2 heterocycles. The Kier molecular flexibility index (Phi) is 7.10. The first kappa shape index (κ1) is 24.2. The normalized spacial score (nSPS) is 22.2. The highest BCUT2D eigenvalue weighted by molar-refractivity contribution is 5.89. The van der Waals surface area contributed by atoms with Gasteiger partial charge in [0, 0.05) is 31.3 Å². The Labute approximate surface area is 210 Å². The number of hydrogen-bond acceptors (Lipinski definition) is 5. The molecule has 2 aromatic rings. The Hall–Kier alpha value is -2.47. The average Bonchev–Trinajstić information content (AvgIpc) is 3.54. The number of nitrogens with one attached hydrogen (secondary N) is 2. The Morgan fingerprint density at radius 2 is 1.74 bits per heavy atom. The summed E-state index contributed by atoms with van der Waals surface area (Å²) in [4.78, 5) is 14.0. The first-order chi connectivity index (χ1) is 16.9. The van der Waals surface area contributed by atoms with E-state index in [-0.39, 0.29) is 5.91 Å². The zero-order valence-corrected chi connectivity index (χ0v) is 21.7. The van der Waals surface area contributed by atoms with Crippen LogP contribution >= 0.6 is 0 Å². The van der Waals surface area contributed by atoms with E-state index < -0.39 is 0 Å². The molecule has 1 atom stereocenters. The maximum atomic E-state index is 11.3. The predicted octanol–water partition coefficient (Wildman–Crippen LogP) is 5.81. The summed E-state index contributed by atoms with van der Waals surface area (Å²) in [6.07, 6.45) is 11.3. The van der Waals surface area contributed by atoms with Crippen molar-refractivity contribution in [2.75, 3.05) is 36.8 Å². The van der Waals surface area contributed by atoms with Crippen LogP contribution in [0.25, 0.3) is 11.3 Å². The molecular formula is C29H41N5O. The topological polar surface area (TPSA) is 70.1 Å². The summed E-state index contributed by atoms with van der Waals surface area (Å²) < 4.78 is 0. The summed E-state index contributed by atoms with van der Waals surface area (Å²) in [5.74, 6) is 2.57. The second-order valence-electron chi connectivity index (χ2n) is 11.4. The number of rotatable bonds is 7. The van der Waals surface area contributed by atoms with Crippen LogP contribution in [0.1, 0.15) is 69.4 Å². The van der Waals surface area contributed by atoms with E-state index >= 15 is 0 Å². The molecule has 1 aromatic heterocycles. The average molecular weight is 476 g/mol. The van der Waals surface area contributed by atoms with Crippen LogP contribution in [-0.2, 0) is 4.79 Å². The van der Waals surface area contributed by atoms with Crippen LogP contribution < -0.4 is 10.6 Å². The Morgan fingerprint density at radius 1 is 1.03 bits per heavy atom. The van der Waals surface area contributed by atoms with Crippen LogP contribution in [-0.4, -0.2) is 47.2 Å². The van der Waals surface area contributed by atoms with Crippen LogP contribution in [0.5, 0.6) is 0 Å². The number of amides is 1. The second-order valence-corrected chi connectivity index (χ2v) is 11.4. The lowest BCUT2D eigenvalue weighted by Crippen LogP contribution is -2.39. The molecule has 6 nitrogen and oxygen atoms in total. The third-order valence-corrected chi connectivity index (χ3v) is 8.97. The van der Waals surface area contributed by atoms with Gasteiger partial charge in [-0.05, 0) is 99.6 Å². The van der Waals surface area contributed by atoms with Gasteiger partial charge in [0.25, 0.3) is 0 Å². The van der Waals surface area contributed by atoms with E-state index in [1.165, 1.54) is 77.9 Å². The van der Waals surface area contributed by atoms with Crippen LogP contribution in [0.15, 0.2) is 24.3 Å². The monoisotopic (exact) mass is 475 g/mol. The van der Waals surface area contributed by atoms with E-state index in [2.05, 4.69) is 39.6 Å². The molecular weight excluding hydrogens is 434 g/mol. The van der Waals surface area contributed by atoms with Crippen molar-refractivity contribution in [3.63, 3.8) is 0 Å². The molecule has 188 valence electrons. The van der Waals surface area contributed by atoms with Gasteiger partial charge in [0.1, 0.15) is 0 Å². The second kappa shape index (κ2) is 10.3. The highest BCUT2D eigenvalue weighted by Crippen LogP contribution is 2.59. The first-order valence-electron chi connectivity index (χ1n) is 13.6. The molecule has 1 saturated heterocycles. The summed E-state index contributed by atoms with van der Waals surface area (Å²) in [5, 5.41) is 15.6. The van der Waals surface area contributed by atoms with E-state index in [1.807, 2.05) is 24.3 Å².